The van der Waals surface area contributed by atoms with Gasteiger partial charge in [0.15, 0.2) is 0 Å². The summed E-state index contributed by atoms with van der Waals surface area (Å²) in [6.07, 6.45) is 3.73. The molecule has 2 rings (SSSR count). The predicted molar refractivity (Wildman–Crippen MR) is 106 cm³/mol. The van der Waals surface area contributed by atoms with Crippen LogP contribution >= 0.6 is 24.8 Å². The molecule has 4 nitrogen and oxygen atoms in total. The molecule has 0 bridgehead atoms. The van der Waals surface area contributed by atoms with Gasteiger partial charge in [0, 0.05) is 12.2 Å². The lowest BCUT2D eigenvalue weighted by atomic mass is 9.87. The lowest BCUT2D eigenvalue weighted by Gasteiger charge is -2.25. The quantitative estimate of drug-likeness (QED) is 0.827. The lowest BCUT2D eigenvalue weighted by molar-refractivity contribution is -0.119. The van der Waals surface area contributed by atoms with Crippen molar-refractivity contribution in [3.05, 3.63) is 29.8 Å². The Balaban J connectivity index is 0.00000264. The number of carbonyl (C=O) groups is 1. The van der Waals surface area contributed by atoms with Crippen molar-refractivity contribution in [2.24, 2.45) is 11.1 Å². The van der Waals surface area contributed by atoms with Gasteiger partial charge >= 0.3 is 0 Å². The summed E-state index contributed by atoms with van der Waals surface area (Å²) >= 11 is 0. The average molecular weight is 376 g/mol. The van der Waals surface area contributed by atoms with E-state index in [0.29, 0.717) is 0 Å². The molecule has 1 aromatic carbocycles. The first kappa shape index (κ1) is 23.2. The summed E-state index contributed by atoms with van der Waals surface area (Å²) in [7, 11) is 0. The van der Waals surface area contributed by atoms with Gasteiger partial charge in [-0.25, -0.2) is 0 Å². The molecule has 1 amide bonds. The van der Waals surface area contributed by atoms with Crippen LogP contribution in [0, 0.1) is 5.41 Å². The van der Waals surface area contributed by atoms with Crippen molar-refractivity contribution >= 4 is 36.4 Å². The molecule has 3 N–H and O–H groups in total. The topological polar surface area (TPSA) is 58.4 Å². The third-order valence-electron chi connectivity index (χ3n) is 4.35. The molecule has 1 heterocycles. The van der Waals surface area contributed by atoms with Crippen LogP contribution in [0.1, 0.15) is 39.2 Å². The number of benzene rings is 1. The van der Waals surface area contributed by atoms with E-state index in [1.165, 1.54) is 31.5 Å². The van der Waals surface area contributed by atoms with Gasteiger partial charge in [-0.2, -0.15) is 0 Å². The third-order valence-corrected chi connectivity index (χ3v) is 4.35. The van der Waals surface area contributed by atoms with E-state index in [-0.39, 0.29) is 36.1 Å². The molecule has 24 heavy (non-hydrogen) atoms. The van der Waals surface area contributed by atoms with Crippen LogP contribution in [0.2, 0.25) is 0 Å². The number of amides is 1. The Kier molecular flexibility index (Phi) is 9.90. The minimum Gasteiger partial charge on any atom is -0.325 e. The highest BCUT2D eigenvalue weighted by molar-refractivity contribution is 5.95. The Morgan fingerprint density at radius 1 is 1.17 bits per heavy atom. The maximum Gasteiger partial charge on any atom is 0.241 e. The number of nitrogens with one attached hydrogen (secondary N) is 1. The van der Waals surface area contributed by atoms with Gasteiger partial charge in [-0.1, -0.05) is 32.9 Å². The largest absolute Gasteiger partial charge is 0.325 e. The fourth-order valence-corrected chi connectivity index (χ4v) is 2.66. The van der Waals surface area contributed by atoms with Crippen molar-refractivity contribution in [1.29, 1.82) is 0 Å². The smallest absolute Gasteiger partial charge is 0.241 e. The molecule has 1 saturated heterocycles. The summed E-state index contributed by atoms with van der Waals surface area (Å²) < 4.78 is 0. The number of hydrogen-bond donors (Lipinski definition) is 2. The van der Waals surface area contributed by atoms with Crippen LogP contribution in [0.25, 0.3) is 0 Å². The molecular weight excluding hydrogens is 345 g/mol. The number of nitrogens with zero attached hydrogens (tertiary/aromatic N) is 1. The van der Waals surface area contributed by atoms with Gasteiger partial charge in [-0.05, 0) is 55.5 Å². The van der Waals surface area contributed by atoms with Crippen LogP contribution in [0.5, 0.6) is 0 Å². The van der Waals surface area contributed by atoms with Crippen LogP contribution in [0.4, 0.5) is 5.69 Å². The van der Waals surface area contributed by atoms with E-state index in [1.807, 2.05) is 32.9 Å². The van der Waals surface area contributed by atoms with Crippen molar-refractivity contribution in [3.8, 4) is 0 Å². The van der Waals surface area contributed by atoms with E-state index in [1.54, 1.807) is 0 Å². The van der Waals surface area contributed by atoms with Crippen LogP contribution in [0.3, 0.4) is 0 Å². The standard InChI is InChI=1S/C18H29N3O.2ClH/c1-18(2,3)16(19)17(22)20-15-8-6-14(7-9-15)10-13-21-11-4-5-12-21;;/h6-9,16H,4-5,10-13,19H2,1-3H3,(H,20,22);2*1H/t16-;;/m1../s1. The molecule has 1 fully saturated rings. The monoisotopic (exact) mass is 375 g/mol. The van der Waals surface area contributed by atoms with Crippen molar-refractivity contribution in [2.75, 3.05) is 25.0 Å². The van der Waals surface area contributed by atoms with Crippen molar-refractivity contribution < 1.29 is 4.79 Å². The molecule has 0 unspecified atom stereocenters. The number of rotatable bonds is 5. The Morgan fingerprint density at radius 3 is 2.21 bits per heavy atom. The predicted octanol–water partition coefficient (Wildman–Crippen LogP) is 3.48. The van der Waals surface area contributed by atoms with E-state index in [4.69, 9.17) is 5.73 Å². The second-order valence-electron chi connectivity index (χ2n) is 7.33. The number of anilines is 1. The molecule has 0 saturated carbocycles. The summed E-state index contributed by atoms with van der Waals surface area (Å²) in [5, 5.41) is 2.90. The van der Waals surface area contributed by atoms with Gasteiger partial charge in [0.2, 0.25) is 5.91 Å². The zero-order valence-electron chi connectivity index (χ0n) is 14.9. The van der Waals surface area contributed by atoms with Gasteiger partial charge in [-0.15, -0.1) is 24.8 Å². The third kappa shape index (κ3) is 6.98. The van der Waals surface area contributed by atoms with Crippen LogP contribution in [-0.4, -0.2) is 36.5 Å². The van der Waals surface area contributed by atoms with Crippen LogP contribution < -0.4 is 11.1 Å². The van der Waals surface area contributed by atoms with E-state index >= 15 is 0 Å². The molecule has 1 atom stereocenters. The van der Waals surface area contributed by atoms with E-state index in [9.17, 15) is 4.79 Å². The van der Waals surface area contributed by atoms with Gasteiger partial charge in [0.05, 0.1) is 6.04 Å². The van der Waals surface area contributed by atoms with Crippen molar-refractivity contribution in [2.45, 2.75) is 46.1 Å². The highest BCUT2D eigenvalue weighted by Gasteiger charge is 2.27. The summed E-state index contributed by atoms with van der Waals surface area (Å²) in [4.78, 5) is 14.6. The second-order valence-corrected chi connectivity index (χ2v) is 7.33. The first-order valence-corrected chi connectivity index (χ1v) is 8.24. The van der Waals surface area contributed by atoms with Crippen molar-refractivity contribution in [1.82, 2.24) is 4.90 Å². The van der Waals surface area contributed by atoms with E-state index in [2.05, 4.69) is 22.3 Å². The molecule has 1 aliphatic rings. The molecular formula is C18H31Cl2N3O. The summed E-state index contributed by atoms with van der Waals surface area (Å²) in [6.45, 7) is 9.51. The number of hydrogen-bond acceptors (Lipinski definition) is 3. The maximum absolute atomic E-state index is 12.1. The fourth-order valence-electron chi connectivity index (χ4n) is 2.66. The summed E-state index contributed by atoms with van der Waals surface area (Å²) in [5.74, 6) is -0.127. The molecule has 0 radical (unpaired) electrons. The molecule has 0 aromatic heterocycles. The maximum atomic E-state index is 12.1. The highest BCUT2D eigenvalue weighted by atomic mass is 35.5. The normalized spacial score (nSPS) is 16.0. The molecule has 0 aliphatic carbocycles. The van der Waals surface area contributed by atoms with E-state index < -0.39 is 6.04 Å². The number of halogens is 2. The minimum absolute atomic E-state index is 0. The molecule has 1 aliphatic heterocycles. The van der Waals surface area contributed by atoms with Gasteiger partial charge < -0.3 is 16.0 Å². The van der Waals surface area contributed by atoms with E-state index in [0.717, 1.165) is 18.7 Å². The Morgan fingerprint density at radius 2 is 1.71 bits per heavy atom. The lowest BCUT2D eigenvalue weighted by Crippen LogP contribution is -2.45. The van der Waals surface area contributed by atoms with Gasteiger partial charge in [-0.3, -0.25) is 4.79 Å². The molecule has 0 spiro atoms. The Hall–Kier alpha value is -0.810. The zero-order chi connectivity index (χ0) is 16.2. The molecule has 1 aromatic rings. The number of carbonyl (C=O) groups excluding carboxylic acids is 1. The number of likely N-dealkylation sites (tertiary alicyclic amines) is 1. The first-order valence-electron chi connectivity index (χ1n) is 8.24. The SMILES string of the molecule is CC(C)(C)[C@H](N)C(=O)Nc1ccc(CCN2CCCC2)cc1.Cl.Cl. The van der Waals surface area contributed by atoms with Crippen LogP contribution in [0.15, 0.2) is 24.3 Å². The summed E-state index contributed by atoms with van der Waals surface area (Å²) in [6, 6.07) is 7.60. The molecule has 6 heteroatoms. The van der Waals surface area contributed by atoms with Gasteiger partial charge in [0.1, 0.15) is 0 Å². The Labute approximate surface area is 158 Å². The average Bonchev–Trinajstić information content (AvgIpc) is 2.98. The zero-order valence-corrected chi connectivity index (χ0v) is 16.5. The van der Waals surface area contributed by atoms with Gasteiger partial charge in [0.25, 0.3) is 0 Å². The molecule has 138 valence electrons. The second kappa shape index (κ2) is 10.2. The highest BCUT2D eigenvalue weighted by Crippen LogP contribution is 2.19. The fraction of sp³-hybridized carbons (Fsp3) is 0.611. The summed E-state index contributed by atoms with van der Waals surface area (Å²) in [5.41, 5.74) is 7.86. The van der Waals surface area contributed by atoms with Crippen LogP contribution in [-0.2, 0) is 11.2 Å². The van der Waals surface area contributed by atoms with Crippen molar-refractivity contribution in [3.63, 3.8) is 0 Å². The first-order chi connectivity index (χ1) is 10.4. The Bertz CT molecular complexity index is 494. The number of nitrogens with two attached hydrogens (primary N) is 1. The minimum atomic E-state index is -0.512.